The van der Waals surface area contributed by atoms with E-state index < -0.39 is 11.2 Å². The minimum Gasteiger partial charge on any atom is -0.461 e. The average molecular weight is 293 g/mol. The van der Waals surface area contributed by atoms with Gasteiger partial charge in [-0.3, -0.25) is 13.9 Å². The summed E-state index contributed by atoms with van der Waals surface area (Å²) in [6.07, 6.45) is 3.71. The van der Waals surface area contributed by atoms with Crippen molar-refractivity contribution in [1.29, 1.82) is 0 Å². The Morgan fingerprint density at radius 3 is 2.76 bits per heavy atom. The molecule has 3 rings (SSSR count). The van der Waals surface area contributed by atoms with Gasteiger partial charge in [0.15, 0.2) is 11.2 Å². The summed E-state index contributed by atoms with van der Waals surface area (Å²) in [7, 11) is 3.01. The summed E-state index contributed by atoms with van der Waals surface area (Å²) < 4.78 is 8.16. The second kappa shape index (κ2) is 5.03. The number of imidazole rings is 1. The van der Waals surface area contributed by atoms with Gasteiger partial charge in [0.05, 0.1) is 0 Å². The molecule has 2 aromatic heterocycles. The Labute approximate surface area is 120 Å². The Hall–Kier alpha value is -2.09. The highest BCUT2D eigenvalue weighted by Gasteiger charge is 2.22. The van der Waals surface area contributed by atoms with Gasteiger partial charge < -0.3 is 15.5 Å². The molecule has 0 saturated heterocycles. The molecule has 1 aliphatic carbocycles. The van der Waals surface area contributed by atoms with E-state index in [0.717, 1.165) is 30.3 Å². The molecule has 2 atom stereocenters. The molecule has 114 valence electrons. The molecule has 8 heteroatoms. The van der Waals surface area contributed by atoms with Crippen molar-refractivity contribution in [1.82, 2.24) is 19.1 Å². The van der Waals surface area contributed by atoms with Crippen molar-refractivity contribution in [3.63, 3.8) is 0 Å². The van der Waals surface area contributed by atoms with Crippen molar-refractivity contribution in [3.8, 4) is 6.01 Å². The lowest BCUT2D eigenvalue weighted by Gasteiger charge is -2.25. The van der Waals surface area contributed by atoms with E-state index in [1.807, 2.05) is 0 Å². The zero-order valence-corrected chi connectivity index (χ0v) is 12.1. The second-order valence-corrected chi connectivity index (χ2v) is 5.61. The minimum absolute atomic E-state index is 0.00445. The molecule has 1 fully saturated rings. The highest BCUT2D eigenvalue weighted by Crippen LogP contribution is 2.22. The van der Waals surface area contributed by atoms with E-state index in [0.29, 0.717) is 5.65 Å². The lowest BCUT2D eigenvalue weighted by atomic mass is 9.94. The van der Waals surface area contributed by atoms with Gasteiger partial charge in [-0.05, 0) is 25.7 Å². The lowest BCUT2D eigenvalue weighted by molar-refractivity contribution is 0.134. The smallest absolute Gasteiger partial charge is 0.332 e. The maximum absolute atomic E-state index is 12.1. The van der Waals surface area contributed by atoms with Gasteiger partial charge in [-0.15, -0.1) is 0 Å². The summed E-state index contributed by atoms with van der Waals surface area (Å²) in [5.74, 6) is 0. The third kappa shape index (κ3) is 2.35. The average Bonchev–Trinajstić information content (AvgIpc) is 2.87. The molecule has 2 heterocycles. The fourth-order valence-corrected chi connectivity index (χ4v) is 2.81. The summed E-state index contributed by atoms with van der Waals surface area (Å²) in [6, 6.07) is 0.410. The first-order chi connectivity index (χ1) is 9.97. The maximum Gasteiger partial charge on any atom is 0.332 e. The number of aromatic nitrogens is 4. The van der Waals surface area contributed by atoms with Crippen molar-refractivity contribution >= 4 is 11.2 Å². The molecule has 8 nitrogen and oxygen atoms in total. The molecule has 1 aliphatic rings. The van der Waals surface area contributed by atoms with Crippen LogP contribution >= 0.6 is 0 Å². The molecule has 2 unspecified atom stereocenters. The van der Waals surface area contributed by atoms with E-state index in [9.17, 15) is 9.59 Å². The van der Waals surface area contributed by atoms with E-state index >= 15 is 0 Å². The highest BCUT2D eigenvalue weighted by atomic mass is 16.5. The Morgan fingerprint density at radius 1 is 1.29 bits per heavy atom. The van der Waals surface area contributed by atoms with Crippen LogP contribution in [0.5, 0.6) is 6.01 Å². The molecule has 0 bridgehead atoms. The molecule has 21 heavy (non-hydrogen) atoms. The number of rotatable bonds is 2. The number of nitrogens with zero attached hydrogens (tertiary/aromatic N) is 3. The largest absolute Gasteiger partial charge is 0.461 e. The lowest BCUT2D eigenvalue weighted by Crippen LogP contribution is -2.36. The second-order valence-electron chi connectivity index (χ2n) is 5.61. The first-order valence-corrected chi connectivity index (χ1v) is 7.05. The zero-order chi connectivity index (χ0) is 15.1. The van der Waals surface area contributed by atoms with Gasteiger partial charge in [0.1, 0.15) is 6.10 Å². The van der Waals surface area contributed by atoms with Crippen molar-refractivity contribution < 1.29 is 4.74 Å². The van der Waals surface area contributed by atoms with Gasteiger partial charge in [-0.2, -0.15) is 4.98 Å². The Kier molecular flexibility index (Phi) is 3.32. The molecule has 0 aliphatic heterocycles. The van der Waals surface area contributed by atoms with Crippen LogP contribution in [-0.2, 0) is 14.1 Å². The zero-order valence-electron chi connectivity index (χ0n) is 12.1. The third-order valence-corrected chi connectivity index (χ3v) is 4.02. The monoisotopic (exact) mass is 293 g/mol. The van der Waals surface area contributed by atoms with Gasteiger partial charge >= 0.3 is 5.69 Å². The quantitative estimate of drug-likeness (QED) is 0.784. The standard InChI is InChI=1S/C13H19N5O3/c1-17-10-9(11(19)18(2)13(17)20)15-12(16-10)21-8-5-3-4-7(14)6-8/h7-8H,3-6,14H2,1-2H3,(H,15,16). The van der Waals surface area contributed by atoms with Crippen molar-refractivity contribution in [2.45, 2.75) is 37.8 Å². The Morgan fingerprint density at radius 2 is 2.05 bits per heavy atom. The summed E-state index contributed by atoms with van der Waals surface area (Å²) in [5, 5.41) is 0. The van der Waals surface area contributed by atoms with Crippen molar-refractivity contribution in [2.24, 2.45) is 19.8 Å². The SMILES string of the molecule is Cn1c(=O)c2[nH]c(OC3CCCC(N)C3)nc2n(C)c1=O. The number of aryl methyl sites for hydroxylation is 1. The molecule has 0 radical (unpaired) electrons. The van der Waals surface area contributed by atoms with Gasteiger partial charge in [0.25, 0.3) is 11.6 Å². The van der Waals surface area contributed by atoms with Gasteiger partial charge in [-0.25, -0.2) is 4.79 Å². The number of H-pyrrole nitrogens is 1. The molecule has 0 amide bonds. The molecule has 2 aromatic rings. The van der Waals surface area contributed by atoms with Crippen LogP contribution in [0.15, 0.2) is 9.59 Å². The van der Waals surface area contributed by atoms with Crippen LogP contribution in [0.3, 0.4) is 0 Å². The van der Waals surface area contributed by atoms with Gasteiger partial charge in [-0.1, -0.05) is 0 Å². The number of aromatic amines is 1. The maximum atomic E-state index is 12.1. The van der Waals surface area contributed by atoms with Crippen LogP contribution in [-0.4, -0.2) is 31.2 Å². The normalized spacial score (nSPS) is 22.6. The number of ether oxygens (including phenoxy) is 1. The topological polar surface area (TPSA) is 108 Å². The van der Waals surface area contributed by atoms with Crippen molar-refractivity contribution in [2.75, 3.05) is 0 Å². The number of hydrogen-bond donors (Lipinski definition) is 2. The number of hydrogen-bond acceptors (Lipinski definition) is 5. The first-order valence-electron chi connectivity index (χ1n) is 7.05. The predicted octanol–water partition coefficient (Wildman–Crippen LogP) is -0.391. The number of fused-ring (bicyclic) bond motifs is 1. The van der Waals surface area contributed by atoms with Crippen LogP contribution < -0.4 is 21.7 Å². The summed E-state index contributed by atoms with van der Waals surface area (Å²) in [5.41, 5.74) is 5.69. The van der Waals surface area contributed by atoms with E-state index in [2.05, 4.69) is 9.97 Å². The fraction of sp³-hybridized carbons (Fsp3) is 0.615. The van der Waals surface area contributed by atoms with E-state index in [4.69, 9.17) is 10.5 Å². The van der Waals surface area contributed by atoms with E-state index in [-0.39, 0.29) is 23.7 Å². The van der Waals surface area contributed by atoms with E-state index in [1.54, 1.807) is 7.05 Å². The Balaban J connectivity index is 1.98. The summed E-state index contributed by atoms with van der Waals surface area (Å²) in [4.78, 5) is 31.0. The molecule has 0 spiro atoms. The van der Waals surface area contributed by atoms with Crippen LogP contribution in [0, 0.1) is 0 Å². The van der Waals surface area contributed by atoms with Crippen LogP contribution in [0.2, 0.25) is 0 Å². The summed E-state index contributed by atoms with van der Waals surface area (Å²) >= 11 is 0. The number of nitrogens with one attached hydrogen (secondary N) is 1. The van der Waals surface area contributed by atoms with E-state index in [1.165, 1.54) is 11.6 Å². The van der Waals surface area contributed by atoms with Crippen LogP contribution in [0.1, 0.15) is 25.7 Å². The summed E-state index contributed by atoms with van der Waals surface area (Å²) in [6.45, 7) is 0. The molecule has 0 aromatic carbocycles. The third-order valence-electron chi connectivity index (χ3n) is 4.02. The Bertz CT molecular complexity index is 787. The first kappa shape index (κ1) is 13.9. The molecular weight excluding hydrogens is 274 g/mol. The number of nitrogens with two attached hydrogens (primary N) is 1. The van der Waals surface area contributed by atoms with Crippen LogP contribution in [0.4, 0.5) is 0 Å². The van der Waals surface area contributed by atoms with Gasteiger partial charge in [0, 0.05) is 20.1 Å². The van der Waals surface area contributed by atoms with Crippen molar-refractivity contribution in [3.05, 3.63) is 20.8 Å². The van der Waals surface area contributed by atoms with Crippen LogP contribution in [0.25, 0.3) is 11.2 Å². The molecule has 1 saturated carbocycles. The highest BCUT2D eigenvalue weighted by molar-refractivity contribution is 5.70. The predicted molar refractivity (Wildman–Crippen MR) is 77.4 cm³/mol. The minimum atomic E-state index is -0.412. The molecule has 3 N–H and O–H groups in total. The molecular formula is C13H19N5O3. The fourth-order valence-electron chi connectivity index (χ4n) is 2.81. The van der Waals surface area contributed by atoms with Gasteiger partial charge in [0.2, 0.25) is 0 Å².